The largest absolute Gasteiger partial charge is 0.383 e. The Kier molecular flexibility index (Phi) is 5.26. The molecular formula is C24H26N4OS2. The van der Waals surface area contributed by atoms with Gasteiger partial charge >= 0.3 is 0 Å². The highest BCUT2D eigenvalue weighted by molar-refractivity contribution is 7.98. The maximum atomic E-state index is 6.40. The molecule has 1 aliphatic carbocycles. The molecule has 0 fully saturated rings. The first-order valence-corrected chi connectivity index (χ1v) is 12.4. The molecule has 0 saturated carbocycles. The Morgan fingerprint density at radius 1 is 1.19 bits per heavy atom. The lowest BCUT2D eigenvalue weighted by Gasteiger charge is -2.33. The number of thiophene rings is 1. The van der Waals surface area contributed by atoms with Crippen LogP contribution in [0.2, 0.25) is 0 Å². The topological polar surface area (TPSA) is 77.8 Å². The Labute approximate surface area is 190 Å². The Morgan fingerprint density at radius 2 is 2.00 bits per heavy atom. The van der Waals surface area contributed by atoms with E-state index in [0.717, 1.165) is 40.1 Å². The van der Waals surface area contributed by atoms with Gasteiger partial charge in [-0.15, -0.1) is 11.3 Å². The SMILES string of the molecule is CC(C)(C)C1CCc2c(sc3nc(SCc4cc(-c5ccccc5)on4)nc(N)c23)C1. The Morgan fingerprint density at radius 3 is 2.77 bits per heavy atom. The van der Waals surface area contributed by atoms with E-state index in [1.807, 2.05) is 36.4 Å². The quantitative estimate of drug-likeness (QED) is 0.287. The van der Waals surface area contributed by atoms with Gasteiger partial charge in [0.25, 0.3) is 0 Å². The third-order valence-corrected chi connectivity index (χ3v) is 8.14. The van der Waals surface area contributed by atoms with Gasteiger partial charge in [0.1, 0.15) is 10.6 Å². The lowest BCUT2D eigenvalue weighted by atomic mass is 9.72. The van der Waals surface area contributed by atoms with Crippen molar-refractivity contribution in [2.45, 2.75) is 50.9 Å². The summed E-state index contributed by atoms with van der Waals surface area (Å²) >= 11 is 3.34. The fourth-order valence-corrected chi connectivity index (χ4v) is 6.34. The summed E-state index contributed by atoms with van der Waals surface area (Å²) in [5.74, 6) is 2.70. The van der Waals surface area contributed by atoms with Crippen molar-refractivity contribution in [1.29, 1.82) is 0 Å². The number of nitrogen functional groups attached to an aromatic ring is 1. The van der Waals surface area contributed by atoms with Crippen molar-refractivity contribution in [3.8, 4) is 11.3 Å². The van der Waals surface area contributed by atoms with Gasteiger partial charge in [0.2, 0.25) is 0 Å². The minimum absolute atomic E-state index is 0.322. The molecule has 0 radical (unpaired) electrons. The van der Waals surface area contributed by atoms with E-state index in [9.17, 15) is 0 Å². The van der Waals surface area contributed by atoms with Gasteiger partial charge in [-0.2, -0.15) is 0 Å². The van der Waals surface area contributed by atoms with E-state index in [1.165, 1.54) is 16.9 Å². The first-order valence-electron chi connectivity index (χ1n) is 10.6. The molecule has 0 spiro atoms. The molecule has 0 amide bonds. The summed E-state index contributed by atoms with van der Waals surface area (Å²) < 4.78 is 5.50. The molecule has 2 N–H and O–H groups in total. The number of aryl methyl sites for hydroxylation is 1. The van der Waals surface area contributed by atoms with E-state index < -0.39 is 0 Å². The molecular weight excluding hydrogens is 424 g/mol. The molecule has 3 heterocycles. The van der Waals surface area contributed by atoms with Gasteiger partial charge in [-0.3, -0.25) is 0 Å². The van der Waals surface area contributed by atoms with E-state index >= 15 is 0 Å². The van der Waals surface area contributed by atoms with Crippen LogP contribution in [0.5, 0.6) is 0 Å². The van der Waals surface area contributed by atoms with Crippen molar-refractivity contribution < 1.29 is 4.52 Å². The van der Waals surface area contributed by atoms with Crippen LogP contribution in [0.4, 0.5) is 5.82 Å². The summed E-state index contributed by atoms with van der Waals surface area (Å²) in [4.78, 5) is 11.9. The smallest absolute Gasteiger partial charge is 0.191 e. The van der Waals surface area contributed by atoms with E-state index in [2.05, 4.69) is 30.9 Å². The lowest BCUT2D eigenvalue weighted by Crippen LogP contribution is -2.26. The Hall–Kier alpha value is -2.38. The van der Waals surface area contributed by atoms with Crippen LogP contribution in [-0.4, -0.2) is 15.1 Å². The standard InChI is InChI=1S/C24H26N4OS2/c1-24(2,3)15-9-10-17-19(11-15)31-22-20(17)21(25)26-23(27-22)30-13-16-12-18(29-28-16)14-7-5-4-6-8-14/h4-8,12,15H,9-11,13H2,1-3H3,(H2,25,26,27). The first kappa shape index (κ1) is 20.5. The third kappa shape index (κ3) is 4.08. The number of hydrogen-bond acceptors (Lipinski definition) is 7. The van der Waals surface area contributed by atoms with Gasteiger partial charge in [-0.25, -0.2) is 9.97 Å². The van der Waals surface area contributed by atoms with Crippen molar-refractivity contribution in [1.82, 2.24) is 15.1 Å². The number of anilines is 1. The van der Waals surface area contributed by atoms with Crippen LogP contribution in [-0.2, 0) is 18.6 Å². The predicted molar refractivity (Wildman–Crippen MR) is 128 cm³/mol. The molecule has 0 aliphatic heterocycles. The van der Waals surface area contributed by atoms with E-state index in [0.29, 0.717) is 28.1 Å². The molecule has 5 rings (SSSR count). The van der Waals surface area contributed by atoms with Crippen LogP contribution >= 0.6 is 23.1 Å². The minimum atomic E-state index is 0.322. The average molecular weight is 451 g/mol. The summed E-state index contributed by atoms with van der Waals surface area (Å²) in [6, 6.07) is 12.0. The van der Waals surface area contributed by atoms with Crippen molar-refractivity contribution in [2.75, 3.05) is 5.73 Å². The number of nitrogens with two attached hydrogens (primary N) is 1. The number of hydrogen-bond donors (Lipinski definition) is 1. The second kappa shape index (κ2) is 7.95. The summed E-state index contributed by atoms with van der Waals surface area (Å²) in [6.45, 7) is 7.02. The number of rotatable bonds is 4. The molecule has 0 saturated heterocycles. The van der Waals surface area contributed by atoms with E-state index in [-0.39, 0.29) is 0 Å². The molecule has 5 nitrogen and oxygen atoms in total. The van der Waals surface area contributed by atoms with Gasteiger partial charge in [-0.05, 0) is 36.2 Å². The molecule has 0 bridgehead atoms. The molecule has 1 unspecified atom stereocenters. The predicted octanol–water partition coefficient (Wildman–Crippen LogP) is 6.37. The zero-order valence-electron chi connectivity index (χ0n) is 18.0. The Bertz CT molecular complexity index is 1220. The first-order chi connectivity index (χ1) is 14.9. The maximum Gasteiger partial charge on any atom is 0.191 e. The van der Waals surface area contributed by atoms with Gasteiger partial charge in [0.05, 0.1) is 11.1 Å². The van der Waals surface area contributed by atoms with Crippen LogP contribution in [0.25, 0.3) is 21.5 Å². The highest BCUT2D eigenvalue weighted by Crippen LogP contribution is 2.44. The van der Waals surface area contributed by atoms with Gasteiger partial charge < -0.3 is 10.3 Å². The molecule has 160 valence electrons. The lowest BCUT2D eigenvalue weighted by molar-refractivity contribution is 0.218. The zero-order valence-corrected chi connectivity index (χ0v) is 19.6. The second-order valence-corrected chi connectivity index (χ2v) is 11.2. The van der Waals surface area contributed by atoms with Crippen molar-refractivity contribution >= 4 is 39.1 Å². The van der Waals surface area contributed by atoms with Crippen molar-refractivity contribution in [3.63, 3.8) is 0 Å². The van der Waals surface area contributed by atoms with E-state index in [4.69, 9.17) is 15.2 Å². The maximum absolute atomic E-state index is 6.40. The van der Waals surface area contributed by atoms with Crippen LogP contribution in [0.3, 0.4) is 0 Å². The highest BCUT2D eigenvalue weighted by atomic mass is 32.2. The van der Waals surface area contributed by atoms with Crippen LogP contribution in [0, 0.1) is 11.3 Å². The molecule has 3 aromatic heterocycles. The molecule has 1 aliphatic rings. The van der Waals surface area contributed by atoms with Gasteiger partial charge in [-0.1, -0.05) is 68.0 Å². The summed E-state index contributed by atoms with van der Waals surface area (Å²) in [5, 5.41) is 5.96. The molecule has 7 heteroatoms. The van der Waals surface area contributed by atoms with E-state index in [1.54, 1.807) is 23.1 Å². The monoisotopic (exact) mass is 450 g/mol. The fraction of sp³-hybridized carbons (Fsp3) is 0.375. The summed E-state index contributed by atoms with van der Waals surface area (Å²) in [5.41, 5.74) is 9.98. The fourth-order valence-electron chi connectivity index (χ4n) is 4.25. The average Bonchev–Trinajstić information content (AvgIpc) is 3.36. The summed E-state index contributed by atoms with van der Waals surface area (Å²) in [6.07, 6.45) is 3.38. The van der Waals surface area contributed by atoms with Crippen molar-refractivity contribution in [2.24, 2.45) is 11.3 Å². The van der Waals surface area contributed by atoms with Crippen LogP contribution in [0.1, 0.15) is 43.3 Å². The minimum Gasteiger partial charge on any atom is -0.383 e. The summed E-state index contributed by atoms with van der Waals surface area (Å²) in [7, 11) is 0. The van der Waals surface area contributed by atoms with Gasteiger partial charge in [0, 0.05) is 22.3 Å². The molecule has 4 aromatic rings. The molecule has 1 atom stereocenters. The number of benzene rings is 1. The molecule has 1 aromatic carbocycles. The van der Waals surface area contributed by atoms with Gasteiger partial charge in [0.15, 0.2) is 10.9 Å². The van der Waals surface area contributed by atoms with Crippen molar-refractivity contribution in [3.05, 3.63) is 52.5 Å². The van der Waals surface area contributed by atoms with Crippen LogP contribution < -0.4 is 5.73 Å². The number of nitrogens with zero attached hydrogens (tertiary/aromatic N) is 3. The normalized spacial score (nSPS) is 16.5. The second-order valence-electron chi connectivity index (χ2n) is 9.22. The third-order valence-electron chi connectivity index (χ3n) is 6.11. The van der Waals surface area contributed by atoms with Crippen LogP contribution in [0.15, 0.2) is 46.1 Å². The zero-order chi connectivity index (χ0) is 21.6. The Balaban J connectivity index is 1.35. The number of thioether (sulfide) groups is 1. The number of fused-ring (bicyclic) bond motifs is 3. The molecule has 31 heavy (non-hydrogen) atoms. The number of aromatic nitrogens is 3. The highest BCUT2D eigenvalue weighted by Gasteiger charge is 2.31.